The molecule has 0 saturated heterocycles. The van der Waals surface area contributed by atoms with Crippen molar-refractivity contribution in [1.29, 1.82) is 0 Å². The molecule has 1 aromatic carbocycles. The molecule has 0 aliphatic heterocycles. The van der Waals surface area contributed by atoms with Crippen molar-refractivity contribution < 1.29 is 0 Å². The minimum absolute atomic E-state index is 0.920. The highest BCUT2D eigenvalue weighted by atomic mass is 15.0. The first-order valence-corrected chi connectivity index (χ1v) is 7.40. The number of hydrogen-bond donors (Lipinski definition) is 1. The molecule has 0 spiro atoms. The first-order valence-electron chi connectivity index (χ1n) is 7.40. The van der Waals surface area contributed by atoms with E-state index < -0.39 is 0 Å². The zero-order valence-electron chi connectivity index (χ0n) is 13.1. The van der Waals surface area contributed by atoms with E-state index in [9.17, 15) is 0 Å². The van der Waals surface area contributed by atoms with Gasteiger partial charge in [0.1, 0.15) is 5.65 Å². The molecule has 1 N–H and O–H groups in total. The molecule has 0 aliphatic carbocycles. The summed E-state index contributed by atoms with van der Waals surface area (Å²) in [5, 5.41) is 3.34. The predicted molar refractivity (Wildman–Crippen MR) is 89.0 cm³/mol. The third-order valence-corrected chi connectivity index (χ3v) is 4.02. The Hall–Kier alpha value is -2.29. The molecule has 0 amide bonds. The van der Waals surface area contributed by atoms with Crippen molar-refractivity contribution in [2.75, 3.05) is 11.9 Å². The van der Waals surface area contributed by atoms with Crippen LogP contribution in [0.5, 0.6) is 0 Å². The van der Waals surface area contributed by atoms with Gasteiger partial charge in [0, 0.05) is 24.0 Å². The van der Waals surface area contributed by atoms with E-state index in [2.05, 4.69) is 73.9 Å². The highest BCUT2D eigenvalue weighted by molar-refractivity contribution is 5.68. The number of benzene rings is 1. The highest BCUT2D eigenvalue weighted by Crippen LogP contribution is 2.26. The van der Waals surface area contributed by atoms with Crippen molar-refractivity contribution in [2.45, 2.75) is 27.7 Å². The normalized spacial score (nSPS) is 11.0. The van der Waals surface area contributed by atoms with Gasteiger partial charge in [-0.25, -0.2) is 4.98 Å². The van der Waals surface area contributed by atoms with Crippen LogP contribution in [0.1, 0.15) is 23.7 Å². The van der Waals surface area contributed by atoms with Gasteiger partial charge in [0.25, 0.3) is 0 Å². The number of nitrogens with zero attached hydrogens (tertiary/aromatic N) is 2. The van der Waals surface area contributed by atoms with Crippen LogP contribution in [0.3, 0.4) is 0 Å². The molecule has 0 unspecified atom stereocenters. The van der Waals surface area contributed by atoms with Gasteiger partial charge in [0.15, 0.2) is 0 Å². The largest absolute Gasteiger partial charge is 0.384 e. The SMILES string of the molecule is CCNc1ccc2nc(-c3ccc(C)c(C)c3)c(C)n2c1. The van der Waals surface area contributed by atoms with Crippen molar-refractivity contribution in [2.24, 2.45) is 0 Å². The highest BCUT2D eigenvalue weighted by Gasteiger charge is 2.11. The van der Waals surface area contributed by atoms with Crippen LogP contribution in [0.2, 0.25) is 0 Å². The number of imidazole rings is 1. The second-order valence-electron chi connectivity index (χ2n) is 5.52. The molecule has 0 fully saturated rings. The standard InChI is InChI=1S/C18H21N3/c1-5-19-16-8-9-17-20-18(14(4)21(17)11-16)15-7-6-12(2)13(3)10-15/h6-11,19H,5H2,1-4H3. The number of rotatable bonds is 3. The third-order valence-electron chi connectivity index (χ3n) is 4.02. The Kier molecular flexibility index (Phi) is 3.42. The Bertz CT molecular complexity index is 800. The molecule has 3 rings (SSSR count). The summed E-state index contributed by atoms with van der Waals surface area (Å²) < 4.78 is 2.16. The van der Waals surface area contributed by atoms with Crippen LogP contribution in [0.15, 0.2) is 36.5 Å². The summed E-state index contributed by atoms with van der Waals surface area (Å²) in [4.78, 5) is 4.79. The zero-order chi connectivity index (χ0) is 15.0. The Morgan fingerprint density at radius 3 is 2.57 bits per heavy atom. The molecular formula is C18H21N3. The lowest BCUT2D eigenvalue weighted by molar-refractivity contribution is 1.10. The average Bonchev–Trinajstić information content (AvgIpc) is 2.80. The number of anilines is 1. The van der Waals surface area contributed by atoms with E-state index in [0.29, 0.717) is 0 Å². The van der Waals surface area contributed by atoms with E-state index in [1.807, 2.05) is 0 Å². The molecule has 108 valence electrons. The van der Waals surface area contributed by atoms with Gasteiger partial charge in [-0.1, -0.05) is 12.1 Å². The molecular weight excluding hydrogens is 258 g/mol. The van der Waals surface area contributed by atoms with E-state index in [1.54, 1.807) is 0 Å². The maximum absolute atomic E-state index is 4.79. The predicted octanol–water partition coefficient (Wildman–Crippen LogP) is 4.36. The average molecular weight is 279 g/mol. The number of fused-ring (bicyclic) bond motifs is 1. The van der Waals surface area contributed by atoms with Crippen LogP contribution in [0.25, 0.3) is 16.9 Å². The van der Waals surface area contributed by atoms with Gasteiger partial charge >= 0.3 is 0 Å². The molecule has 0 bridgehead atoms. The van der Waals surface area contributed by atoms with E-state index >= 15 is 0 Å². The van der Waals surface area contributed by atoms with Crippen LogP contribution in [-0.4, -0.2) is 15.9 Å². The smallest absolute Gasteiger partial charge is 0.137 e. The van der Waals surface area contributed by atoms with Gasteiger partial charge in [-0.15, -0.1) is 0 Å². The first kappa shape index (κ1) is 13.7. The quantitative estimate of drug-likeness (QED) is 0.772. The van der Waals surface area contributed by atoms with Gasteiger partial charge in [0.05, 0.1) is 11.4 Å². The fourth-order valence-electron chi connectivity index (χ4n) is 2.63. The second kappa shape index (κ2) is 5.24. The van der Waals surface area contributed by atoms with Crippen LogP contribution in [0.4, 0.5) is 5.69 Å². The van der Waals surface area contributed by atoms with E-state index in [0.717, 1.165) is 23.6 Å². The van der Waals surface area contributed by atoms with Crippen LogP contribution in [0, 0.1) is 20.8 Å². The van der Waals surface area contributed by atoms with Crippen molar-refractivity contribution >= 4 is 11.3 Å². The van der Waals surface area contributed by atoms with Crippen molar-refractivity contribution in [1.82, 2.24) is 9.38 Å². The van der Waals surface area contributed by atoms with Crippen LogP contribution >= 0.6 is 0 Å². The zero-order valence-corrected chi connectivity index (χ0v) is 13.1. The summed E-state index contributed by atoms with van der Waals surface area (Å²) >= 11 is 0. The lowest BCUT2D eigenvalue weighted by atomic mass is 10.0. The van der Waals surface area contributed by atoms with E-state index in [1.165, 1.54) is 22.4 Å². The number of nitrogens with one attached hydrogen (secondary N) is 1. The maximum atomic E-state index is 4.79. The lowest BCUT2D eigenvalue weighted by Gasteiger charge is -2.05. The van der Waals surface area contributed by atoms with E-state index in [-0.39, 0.29) is 0 Å². The van der Waals surface area contributed by atoms with Gasteiger partial charge in [0.2, 0.25) is 0 Å². The fraction of sp³-hybridized carbons (Fsp3) is 0.278. The lowest BCUT2D eigenvalue weighted by Crippen LogP contribution is -1.98. The topological polar surface area (TPSA) is 29.3 Å². The summed E-state index contributed by atoms with van der Waals surface area (Å²) in [5.74, 6) is 0. The van der Waals surface area contributed by atoms with E-state index in [4.69, 9.17) is 4.98 Å². The molecule has 0 aliphatic rings. The van der Waals surface area contributed by atoms with Crippen LogP contribution in [-0.2, 0) is 0 Å². The number of aryl methyl sites for hydroxylation is 3. The molecule has 3 heteroatoms. The Morgan fingerprint density at radius 2 is 1.86 bits per heavy atom. The second-order valence-corrected chi connectivity index (χ2v) is 5.52. The van der Waals surface area contributed by atoms with Gasteiger partial charge in [-0.2, -0.15) is 0 Å². The first-order chi connectivity index (χ1) is 10.1. The van der Waals surface area contributed by atoms with Gasteiger partial charge < -0.3 is 9.72 Å². The summed E-state index contributed by atoms with van der Waals surface area (Å²) in [7, 11) is 0. The number of aromatic nitrogens is 2. The summed E-state index contributed by atoms with van der Waals surface area (Å²) in [6.45, 7) is 9.43. The number of pyridine rings is 1. The summed E-state index contributed by atoms with van der Waals surface area (Å²) in [5.41, 5.74) is 8.15. The number of hydrogen-bond acceptors (Lipinski definition) is 2. The van der Waals surface area contributed by atoms with Crippen molar-refractivity contribution in [3.8, 4) is 11.3 Å². The molecule has 3 nitrogen and oxygen atoms in total. The molecule has 0 radical (unpaired) electrons. The Morgan fingerprint density at radius 1 is 1.05 bits per heavy atom. The minimum atomic E-state index is 0.920. The molecule has 3 aromatic rings. The Labute approximate surface area is 125 Å². The minimum Gasteiger partial charge on any atom is -0.384 e. The monoisotopic (exact) mass is 279 g/mol. The third kappa shape index (κ3) is 2.40. The maximum Gasteiger partial charge on any atom is 0.137 e. The molecule has 21 heavy (non-hydrogen) atoms. The summed E-state index contributed by atoms with van der Waals surface area (Å²) in [6.07, 6.45) is 2.12. The molecule has 0 saturated carbocycles. The van der Waals surface area contributed by atoms with Gasteiger partial charge in [-0.05, 0) is 57.0 Å². The molecule has 2 aromatic heterocycles. The summed E-state index contributed by atoms with van der Waals surface area (Å²) in [6, 6.07) is 10.7. The van der Waals surface area contributed by atoms with Crippen molar-refractivity contribution in [3.63, 3.8) is 0 Å². The molecule has 2 heterocycles. The van der Waals surface area contributed by atoms with Crippen LogP contribution < -0.4 is 5.32 Å². The van der Waals surface area contributed by atoms with Gasteiger partial charge in [-0.3, -0.25) is 0 Å². The van der Waals surface area contributed by atoms with Crippen molar-refractivity contribution in [3.05, 3.63) is 53.3 Å². The Balaban J connectivity index is 2.14. The fourth-order valence-corrected chi connectivity index (χ4v) is 2.63. The molecule has 0 atom stereocenters.